The lowest BCUT2D eigenvalue weighted by molar-refractivity contribution is -0.127. The lowest BCUT2D eigenvalue weighted by atomic mass is 9.95. The molecule has 0 unspecified atom stereocenters. The Morgan fingerprint density at radius 1 is 1.33 bits per heavy atom. The van der Waals surface area contributed by atoms with Crippen molar-refractivity contribution in [1.82, 2.24) is 10.2 Å². The first-order chi connectivity index (χ1) is 11.7. The van der Waals surface area contributed by atoms with Crippen LogP contribution < -0.4 is 5.32 Å². The quantitative estimate of drug-likeness (QED) is 0.901. The first-order valence-electron chi connectivity index (χ1n) is 9.85. The molecule has 4 rings (SSSR count). The molecule has 1 saturated heterocycles. The average molecular weight is 326 g/mol. The van der Waals surface area contributed by atoms with Gasteiger partial charge in [-0.1, -0.05) is 37.6 Å². The SMILES string of the molecule is CCCN1CCCC[C@@H]1C(=O)NC[C@@H]1C[C@@]12CCc1ccccc12. The number of likely N-dealkylation sites (tertiary alicyclic amines) is 1. The van der Waals surface area contributed by atoms with Gasteiger partial charge in [-0.2, -0.15) is 0 Å². The van der Waals surface area contributed by atoms with E-state index in [1.165, 1.54) is 37.7 Å². The predicted octanol–water partition coefficient (Wildman–Crippen LogP) is 3.27. The van der Waals surface area contributed by atoms with Gasteiger partial charge in [-0.05, 0) is 68.7 Å². The Kier molecular flexibility index (Phi) is 4.38. The van der Waals surface area contributed by atoms with Crippen LogP contribution in [0.1, 0.15) is 56.6 Å². The van der Waals surface area contributed by atoms with E-state index < -0.39 is 0 Å². The Balaban J connectivity index is 1.34. The first-order valence-corrected chi connectivity index (χ1v) is 9.85. The van der Waals surface area contributed by atoms with Crippen LogP contribution in [-0.4, -0.2) is 36.5 Å². The molecule has 1 heterocycles. The van der Waals surface area contributed by atoms with E-state index in [1.807, 2.05) is 0 Å². The van der Waals surface area contributed by atoms with Gasteiger partial charge >= 0.3 is 0 Å². The highest BCUT2D eigenvalue weighted by Gasteiger charge is 2.57. The Morgan fingerprint density at radius 2 is 2.21 bits per heavy atom. The number of aryl methyl sites for hydroxylation is 1. The number of carbonyl (C=O) groups is 1. The Labute approximate surface area is 145 Å². The zero-order chi connectivity index (χ0) is 16.6. The monoisotopic (exact) mass is 326 g/mol. The van der Waals surface area contributed by atoms with E-state index >= 15 is 0 Å². The second kappa shape index (κ2) is 6.51. The van der Waals surface area contributed by atoms with Crippen molar-refractivity contribution in [3.63, 3.8) is 0 Å². The van der Waals surface area contributed by atoms with Crippen LogP contribution in [0, 0.1) is 5.92 Å². The molecule has 1 aromatic carbocycles. The van der Waals surface area contributed by atoms with E-state index in [1.54, 1.807) is 5.56 Å². The summed E-state index contributed by atoms with van der Waals surface area (Å²) in [4.78, 5) is 15.1. The number of nitrogens with zero attached hydrogens (tertiary/aromatic N) is 1. The average Bonchev–Trinajstić information content (AvgIpc) is 3.20. The standard InChI is InChI=1S/C21H30N2O/c1-2-12-23-13-6-5-9-19(23)20(24)22-15-17-14-21(17)11-10-16-7-3-4-8-18(16)21/h3-4,7-8,17,19H,2,5-6,9-15H2,1H3,(H,22,24)/t17-,19+,21-/m0/s1. The molecule has 1 N–H and O–H groups in total. The topological polar surface area (TPSA) is 32.3 Å². The zero-order valence-corrected chi connectivity index (χ0v) is 14.9. The highest BCUT2D eigenvalue weighted by Crippen LogP contribution is 2.61. The molecule has 3 heteroatoms. The normalized spacial score (nSPS) is 31.9. The smallest absolute Gasteiger partial charge is 0.237 e. The third-order valence-corrected chi connectivity index (χ3v) is 6.58. The minimum Gasteiger partial charge on any atom is -0.354 e. The summed E-state index contributed by atoms with van der Waals surface area (Å²) in [6.07, 6.45) is 8.35. The van der Waals surface area contributed by atoms with Gasteiger partial charge in [0.1, 0.15) is 0 Å². The van der Waals surface area contributed by atoms with Crippen molar-refractivity contribution in [1.29, 1.82) is 0 Å². The molecule has 1 aliphatic heterocycles. The highest BCUT2D eigenvalue weighted by atomic mass is 16.2. The first kappa shape index (κ1) is 16.1. The van der Waals surface area contributed by atoms with Crippen LogP contribution in [0.3, 0.4) is 0 Å². The van der Waals surface area contributed by atoms with Crippen molar-refractivity contribution < 1.29 is 4.79 Å². The summed E-state index contributed by atoms with van der Waals surface area (Å²) in [7, 11) is 0. The van der Waals surface area contributed by atoms with Crippen LogP contribution in [-0.2, 0) is 16.6 Å². The maximum Gasteiger partial charge on any atom is 0.237 e. The van der Waals surface area contributed by atoms with Gasteiger partial charge in [-0.25, -0.2) is 0 Å². The van der Waals surface area contributed by atoms with Crippen molar-refractivity contribution >= 4 is 5.91 Å². The number of benzene rings is 1. The van der Waals surface area contributed by atoms with Gasteiger partial charge < -0.3 is 5.32 Å². The second-order valence-corrected chi connectivity index (χ2v) is 8.01. The number of carbonyl (C=O) groups excluding carboxylic acids is 1. The maximum absolute atomic E-state index is 12.7. The molecule has 1 spiro atoms. The molecule has 3 atom stereocenters. The fourth-order valence-corrected chi connectivity index (χ4v) is 5.19. The number of amides is 1. The molecule has 0 radical (unpaired) electrons. The van der Waals surface area contributed by atoms with Gasteiger partial charge in [0.2, 0.25) is 5.91 Å². The van der Waals surface area contributed by atoms with Crippen molar-refractivity contribution in [2.24, 2.45) is 5.92 Å². The molecular formula is C21H30N2O. The molecular weight excluding hydrogens is 296 g/mol. The van der Waals surface area contributed by atoms with Gasteiger partial charge in [-0.3, -0.25) is 9.69 Å². The maximum atomic E-state index is 12.7. The summed E-state index contributed by atoms with van der Waals surface area (Å²) in [5, 5.41) is 3.30. The van der Waals surface area contributed by atoms with Crippen molar-refractivity contribution in [3.8, 4) is 0 Å². The van der Waals surface area contributed by atoms with Crippen LogP contribution in [0.2, 0.25) is 0 Å². The molecule has 0 bridgehead atoms. The fraction of sp³-hybridized carbons (Fsp3) is 0.667. The van der Waals surface area contributed by atoms with Crippen LogP contribution in [0.15, 0.2) is 24.3 Å². The molecule has 1 aromatic rings. The lowest BCUT2D eigenvalue weighted by Gasteiger charge is -2.34. The summed E-state index contributed by atoms with van der Waals surface area (Å²) < 4.78 is 0. The number of hydrogen-bond acceptors (Lipinski definition) is 2. The van der Waals surface area contributed by atoms with Gasteiger partial charge in [0.15, 0.2) is 0 Å². The summed E-state index contributed by atoms with van der Waals surface area (Å²) in [6, 6.07) is 9.04. The predicted molar refractivity (Wildman–Crippen MR) is 97.1 cm³/mol. The van der Waals surface area contributed by atoms with Gasteiger partial charge in [0.25, 0.3) is 0 Å². The number of fused-ring (bicyclic) bond motifs is 2. The summed E-state index contributed by atoms with van der Waals surface area (Å²) in [5.74, 6) is 0.921. The third-order valence-electron chi connectivity index (χ3n) is 6.58. The Morgan fingerprint density at radius 3 is 3.08 bits per heavy atom. The molecule has 24 heavy (non-hydrogen) atoms. The molecule has 2 fully saturated rings. The number of nitrogens with one attached hydrogen (secondary N) is 1. The van der Waals surface area contributed by atoms with Crippen molar-refractivity contribution in [2.75, 3.05) is 19.6 Å². The summed E-state index contributed by atoms with van der Waals surface area (Å²) >= 11 is 0. The van der Waals surface area contributed by atoms with Crippen molar-refractivity contribution in [3.05, 3.63) is 35.4 Å². The molecule has 0 aromatic heterocycles. The molecule has 3 nitrogen and oxygen atoms in total. The van der Waals surface area contributed by atoms with E-state index in [0.717, 1.165) is 32.5 Å². The Hall–Kier alpha value is -1.35. The van der Waals surface area contributed by atoms with E-state index in [-0.39, 0.29) is 11.9 Å². The van der Waals surface area contributed by atoms with Crippen LogP contribution in [0.5, 0.6) is 0 Å². The minimum atomic E-state index is 0.115. The molecule has 130 valence electrons. The molecule has 1 amide bonds. The van der Waals surface area contributed by atoms with Crippen LogP contribution >= 0.6 is 0 Å². The summed E-state index contributed by atoms with van der Waals surface area (Å²) in [6.45, 7) is 5.21. The summed E-state index contributed by atoms with van der Waals surface area (Å²) in [5.41, 5.74) is 3.49. The van der Waals surface area contributed by atoms with Gasteiger partial charge in [0.05, 0.1) is 6.04 Å². The third kappa shape index (κ3) is 2.77. The molecule has 2 aliphatic carbocycles. The van der Waals surface area contributed by atoms with Gasteiger partial charge in [-0.15, -0.1) is 0 Å². The number of piperidine rings is 1. The molecule has 1 saturated carbocycles. The number of hydrogen-bond donors (Lipinski definition) is 1. The minimum absolute atomic E-state index is 0.115. The van der Waals surface area contributed by atoms with Crippen molar-refractivity contribution in [2.45, 2.75) is 63.3 Å². The van der Waals surface area contributed by atoms with Crippen LogP contribution in [0.4, 0.5) is 0 Å². The van der Waals surface area contributed by atoms with E-state index in [0.29, 0.717) is 11.3 Å². The second-order valence-electron chi connectivity index (χ2n) is 8.01. The highest BCUT2D eigenvalue weighted by molar-refractivity contribution is 5.81. The van der Waals surface area contributed by atoms with E-state index in [2.05, 4.69) is 41.4 Å². The number of rotatable bonds is 5. The largest absolute Gasteiger partial charge is 0.354 e. The fourth-order valence-electron chi connectivity index (χ4n) is 5.19. The Bertz CT molecular complexity index is 612. The lowest BCUT2D eigenvalue weighted by Crippen LogP contribution is -2.50. The van der Waals surface area contributed by atoms with Crippen LogP contribution in [0.25, 0.3) is 0 Å². The van der Waals surface area contributed by atoms with E-state index in [9.17, 15) is 4.79 Å². The zero-order valence-electron chi connectivity index (χ0n) is 14.9. The molecule has 3 aliphatic rings. The van der Waals surface area contributed by atoms with E-state index in [4.69, 9.17) is 0 Å². The van der Waals surface area contributed by atoms with Gasteiger partial charge in [0, 0.05) is 12.0 Å².